The summed E-state index contributed by atoms with van der Waals surface area (Å²) >= 11 is 0. The van der Waals surface area contributed by atoms with Gasteiger partial charge in [0.15, 0.2) is 6.10 Å². The van der Waals surface area contributed by atoms with Crippen LogP contribution in [0.3, 0.4) is 0 Å². The SMILES string of the molecule is CC/C=C\C/C=C\C/C=C\CCCCCCCC(=O)OC[C@H](COC(=O)CCCCCCCCCCCCCCC)OC(=O)CCCCCCCCCCCCCCCCCCC. The van der Waals surface area contributed by atoms with Gasteiger partial charge in [-0.25, -0.2) is 0 Å². The van der Waals surface area contributed by atoms with Crippen LogP contribution in [0.4, 0.5) is 0 Å². The van der Waals surface area contributed by atoms with Crippen LogP contribution in [-0.4, -0.2) is 37.2 Å². The molecule has 0 saturated heterocycles. The predicted octanol–water partition coefficient (Wildman–Crippen LogP) is 18.1. The molecule has 6 heteroatoms. The first-order chi connectivity index (χ1) is 31.0. The summed E-state index contributed by atoms with van der Waals surface area (Å²) in [7, 11) is 0. The van der Waals surface area contributed by atoms with Crippen LogP contribution in [0.1, 0.15) is 290 Å². The summed E-state index contributed by atoms with van der Waals surface area (Å²) in [5.41, 5.74) is 0. The molecular formula is C57H104O6. The Morgan fingerprint density at radius 3 is 0.968 bits per heavy atom. The number of hydrogen-bond acceptors (Lipinski definition) is 6. The predicted molar refractivity (Wildman–Crippen MR) is 270 cm³/mol. The minimum Gasteiger partial charge on any atom is -0.462 e. The van der Waals surface area contributed by atoms with Crippen LogP contribution in [0.15, 0.2) is 36.5 Å². The van der Waals surface area contributed by atoms with Crippen molar-refractivity contribution in [2.75, 3.05) is 13.2 Å². The van der Waals surface area contributed by atoms with E-state index in [0.29, 0.717) is 19.3 Å². The van der Waals surface area contributed by atoms with Gasteiger partial charge in [0.05, 0.1) is 0 Å². The normalized spacial score (nSPS) is 12.2. The molecule has 0 unspecified atom stereocenters. The first kappa shape index (κ1) is 60.6. The van der Waals surface area contributed by atoms with E-state index in [-0.39, 0.29) is 31.1 Å². The number of hydrogen-bond donors (Lipinski definition) is 0. The van der Waals surface area contributed by atoms with Crippen molar-refractivity contribution in [2.24, 2.45) is 0 Å². The standard InChI is InChI=1S/C57H104O6/c1-4-7-10-13-16-19-22-25-27-28-30-33-36-39-42-45-48-51-57(60)63-54(52-61-55(58)49-46-43-40-37-34-31-24-21-18-15-12-9-6-3)53-62-56(59)50-47-44-41-38-35-32-29-26-23-20-17-14-11-8-5-2/h8,11,17,20,26,29,54H,4-7,9-10,12-16,18-19,21-25,27-28,30-53H2,1-3H3/b11-8-,20-17-,29-26-/t54-/m0/s1. The maximum Gasteiger partial charge on any atom is 0.306 e. The highest BCUT2D eigenvalue weighted by Crippen LogP contribution is 2.17. The highest BCUT2D eigenvalue weighted by molar-refractivity contribution is 5.71. The lowest BCUT2D eigenvalue weighted by Gasteiger charge is -2.18. The van der Waals surface area contributed by atoms with Gasteiger partial charge in [0.2, 0.25) is 0 Å². The van der Waals surface area contributed by atoms with Crippen molar-refractivity contribution in [2.45, 2.75) is 297 Å². The number of unbranched alkanes of at least 4 members (excludes halogenated alkanes) is 33. The lowest BCUT2D eigenvalue weighted by molar-refractivity contribution is -0.167. The van der Waals surface area contributed by atoms with Gasteiger partial charge in [-0.1, -0.05) is 256 Å². The van der Waals surface area contributed by atoms with E-state index >= 15 is 0 Å². The second-order valence-corrected chi connectivity index (χ2v) is 18.5. The summed E-state index contributed by atoms with van der Waals surface area (Å²) in [5, 5.41) is 0. The molecule has 0 saturated carbocycles. The average molecular weight is 885 g/mol. The second kappa shape index (κ2) is 52.3. The molecule has 0 fully saturated rings. The van der Waals surface area contributed by atoms with Gasteiger partial charge in [-0.05, 0) is 51.4 Å². The van der Waals surface area contributed by atoms with E-state index in [9.17, 15) is 14.4 Å². The Bertz CT molecular complexity index is 1060. The van der Waals surface area contributed by atoms with Crippen LogP contribution in [0, 0.1) is 0 Å². The van der Waals surface area contributed by atoms with Crippen molar-refractivity contribution < 1.29 is 28.6 Å². The average Bonchev–Trinajstić information content (AvgIpc) is 3.28. The van der Waals surface area contributed by atoms with Crippen molar-refractivity contribution in [1.82, 2.24) is 0 Å². The van der Waals surface area contributed by atoms with Gasteiger partial charge in [-0.2, -0.15) is 0 Å². The van der Waals surface area contributed by atoms with E-state index < -0.39 is 6.10 Å². The lowest BCUT2D eigenvalue weighted by Crippen LogP contribution is -2.30. The molecule has 0 aromatic rings. The zero-order chi connectivity index (χ0) is 45.8. The van der Waals surface area contributed by atoms with Crippen molar-refractivity contribution in [3.05, 3.63) is 36.5 Å². The second-order valence-electron chi connectivity index (χ2n) is 18.5. The summed E-state index contributed by atoms with van der Waals surface area (Å²) in [5.74, 6) is -0.874. The van der Waals surface area contributed by atoms with Gasteiger partial charge in [-0.15, -0.1) is 0 Å². The fourth-order valence-electron chi connectivity index (χ4n) is 8.05. The Labute approximate surface area is 391 Å². The molecule has 0 amide bonds. The van der Waals surface area contributed by atoms with Crippen molar-refractivity contribution >= 4 is 17.9 Å². The molecule has 0 aliphatic carbocycles. The maximum absolute atomic E-state index is 12.8. The number of carbonyl (C=O) groups excluding carboxylic acids is 3. The molecule has 6 nitrogen and oxygen atoms in total. The fraction of sp³-hybridized carbons (Fsp3) is 0.842. The molecule has 0 heterocycles. The zero-order valence-electron chi connectivity index (χ0n) is 42.1. The number of rotatable bonds is 50. The number of esters is 3. The Balaban J connectivity index is 4.35. The van der Waals surface area contributed by atoms with Crippen molar-refractivity contribution in [1.29, 1.82) is 0 Å². The van der Waals surface area contributed by atoms with Crippen molar-refractivity contribution in [3.63, 3.8) is 0 Å². The Hall–Kier alpha value is -2.37. The Morgan fingerprint density at radius 1 is 0.333 bits per heavy atom. The van der Waals surface area contributed by atoms with Gasteiger partial charge in [0.1, 0.15) is 13.2 Å². The molecule has 0 N–H and O–H groups in total. The van der Waals surface area contributed by atoms with Crippen LogP contribution < -0.4 is 0 Å². The van der Waals surface area contributed by atoms with E-state index in [1.54, 1.807) is 0 Å². The lowest BCUT2D eigenvalue weighted by atomic mass is 10.0. The third-order valence-corrected chi connectivity index (χ3v) is 12.2. The molecule has 0 aliphatic heterocycles. The number of ether oxygens (including phenoxy) is 3. The van der Waals surface area contributed by atoms with Crippen LogP contribution in [-0.2, 0) is 28.6 Å². The van der Waals surface area contributed by atoms with Crippen LogP contribution in [0.5, 0.6) is 0 Å². The molecule has 63 heavy (non-hydrogen) atoms. The minimum atomic E-state index is -0.774. The Kier molecular flexibility index (Phi) is 50.3. The molecule has 1 atom stereocenters. The Morgan fingerprint density at radius 2 is 0.619 bits per heavy atom. The molecule has 0 radical (unpaired) electrons. The zero-order valence-corrected chi connectivity index (χ0v) is 42.1. The molecule has 0 aromatic carbocycles. The minimum absolute atomic E-state index is 0.0730. The molecule has 0 bridgehead atoms. The van der Waals surface area contributed by atoms with Crippen LogP contribution in [0.25, 0.3) is 0 Å². The highest BCUT2D eigenvalue weighted by atomic mass is 16.6. The number of allylic oxidation sites excluding steroid dienone is 6. The van der Waals surface area contributed by atoms with Gasteiger partial charge < -0.3 is 14.2 Å². The van der Waals surface area contributed by atoms with E-state index in [1.807, 2.05) is 0 Å². The maximum atomic E-state index is 12.8. The first-order valence-corrected chi connectivity index (χ1v) is 27.5. The molecule has 0 rings (SSSR count). The van der Waals surface area contributed by atoms with E-state index in [2.05, 4.69) is 57.2 Å². The molecule has 0 aliphatic rings. The van der Waals surface area contributed by atoms with E-state index in [0.717, 1.165) is 96.3 Å². The van der Waals surface area contributed by atoms with Crippen LogP contribution in [0.2, 0.25) is 0 Å². The summed E-state index contributed by atoms with van der Waals surface area (Å²) in [6.45, 7) is 6.55. The third kappa shape index (κ3) is 50.5. The third-order valence-electron chi connectivity index (χ3n) is 12.2. The fourth-order valence-corrected chi connectivity index (χ4v) is 8.05. The summed E-state index contributed by atoms with van der Waals surface area (Å²) in [6, 6.07) is 0. The van der Waals surface area contributed by atoms with Crippen LogP contribution >= 0.6 is 0 Å². The molecule has 0 spiro atoms. The highest BCUT2D eigenvalue weighted by Gasteiger charge is 2.19. The van der Waals surface area contributed by atoms with E-state index in [4.69, 9.17) is 14.2 Å². The monoisotopic (exact) mass is 885 g/mol. The van der Waals surface area contributed by atoms with Gasteiger partial charge in [0, 0.05) is 19.3 Å². The quantitative estimate of drug-likeness (QED) is 0.0262. The van der Waals surface area contributed by atoms with E-state index in [1.165, 1.54) is 154 Å². The molecule has 0 aromatic heterocycles. The first-order valence-electron chi connectivity index (χ1n) is 27.5. The van der Waals surface area contributed by atoms with Gasteiger partial charge in [0.25, 0.3) is 0 Å². The topological polar surface area (TPSA) is 78.9 Å². The van der Waals surface area contributed by atoms with Gasteiger partial charge in [-0.3, -0.25) is 14.4 Å². The number of carbonyl (C=O) groups is 3. The summed E-state index contributed by atoms with van der Waals surface area (Å²) in [4.78, 5) is 38.0. The summed E-state index contributed by atoms with van der Waals surface area (Å²) < 4.78 is 16.8. The summed E-state index contributed by atoms with van der Waals surface area (Å²) in [6.07, 6.45) is 61.3. The molecular weight excluding hydrogens is 781 g/mol. The van der Waals surface area contributed by atoms with Gasteiger partial charge >= 0.3 is 17.9 Å². The smallest absolute Gasteiger partial charge is 0.306 e. The largest absolute Gasteiger partial charge is 0.462 e. The molecule has 368 valence electrons. The van der Waals surface area contributed by atoms with Crippen molar-refractivity contribution in [3.8, 4) is 0 Å².